The van der Waals surface area contributed by atoms with Gasteiger partial charge in [-0.05, 0) is 62.4 Å². The molecule has 1 aromatic carbocycles. The van der Waals surface area contributed by atoms with Crippen LogP contribution in [0.4, 0.5) is 0 Å². The Labute approximate surface area is 117 Å². The first-order valence-corrected chi connectivity index (χ1v) is 6.98. The van der Waals surface area contributed by atoms with Gasteiger partial charge in [0.15, 0.2) is 5.76 Å². The highest BCUT2D eigenvalue weighted by Crippen LogP contribution is 2.30. The molecule has 4 nitrogen and oxygen atoms in total. The summed E-state index contributed by atoms with van der Waals surface area (Å²) in [6, 6.07) is 5.72. The Kier molecular flexibility index (Phi) is 3.05. The van der Waals surface area contributed by atoms with Crippen LogP contribution in [0.2, 0.25) is 0 Å². The van der Waals surface area contributed by atoms with Gasteiger partial charge in [0, 0.05) is 11.9 Å². The first-order valence-electron chi connectivity index (χ1n) is 6.98. The van der Waals surface area contributed by atoms with Crippen LogP contribution in [0.5, 0.6) is 0 Å². The molecule has 0 aliphatic heterocycles. The Morgan fingerprint density at radius 2 is 2.00 bits per heavy atom. The van der Waals surface area contributed by atoms with E-state index >= 15 is 0 Å². The third-order valence-electron chi connectivity index (χ3n) is 4.22. The molecule has 0 radical (unpaired) electrons. The minimum atomic E-state index is -0.713. The second kappa shape index (κ2) is 4.63. The maximum absolute atomic E-state index is 12.1. The summed E-state index contributed by atoms with van der Waals surface area (Å²) in [6.07, 6.45) is 2.53. The quantitative estimate of drug-likeness (QED) is 0.903. The molecular formula is C16H19NO3. The summed E-state index contributed by atoms with van der Waals surface area (Å²) in [7, 11) is 0. The predicted octanol–water partition coefficient (Wildman–Crippen LogP) is 2.69. The molecule has 0 spiro atoms. The van der Waals surface area contributed by atoms with Crippen molar-refractivity contribution in [2.45, 2.75) is 38.7 Å². The highest BCUT2D eigenvalue weighted by molar-refractivity contribution is 5.96. The Balaban J connectivity index is 1.77. The van der Waals surface area contributed by atoms with E-state index in [9.17, 15) is 9.90 Å². The summed E-state index contributed by atoms with van der Waals surface area (Å²) < 4.78 is 5.59. The first kappa shape index (κ1) is 13.2. The fraction of sp³-hybridized carbons (Fsp3) is 0.438. The van der Waals surface area contributed by atoms with Gasteiger partial charge in [0.2, 0.25) is 0 Å². The summed E-state index contributed by atoms with van der Waals surface area (Å²) >= 11 is 0. The van der Waals surface area contributed by atoms with E-state index in [4.69, 9.17) is 4.42 Å². The molecule has 1 fully saturated rings. The summed E-state index contributed by atoms with van der Waals surface area (Å²) in [4.78, 5) is 12.1. The van der Waals surface area contributed by atoms with Crippen LogP contribution >= 0.6 is 0 Å². The zero-order valence-electron chi connectivity index (χ0n) is 11.8. The second-order valence-corrected chi connectivity index (χ2v) is 5.85. The Morgan fingerprint density at radius 1 is 1.30 bits per heavy atom. The summed E-state index contributed by atoms with van der Waals surface area (Å²) in [5, 5.41) is 13.7. The summed E-state index contributed by atoms with van der Waals surface area (Å²) in [5.41, 5.74) is 2.33. The maximum atomic E-state index is 12.1. The first-order chi connectivity index (χ1) is 9.47. The van der Waals surface area contributed by atoms with E-state index in [0.29, 0.717) is 12.3 Å². The fourth-order valence-electron chi connectivity index (χ4n) is 2.51. The van der Waals surface area contributed by atoms with E-state index in [0.717, 1.165) is 35.8 Å². The van der Waals surface area contributed by atoms with Crippen molar-refractivity contribution in [1.82, 2.24) is 5.32 Å². The number of nitrogens with one attached hydrogen (secondary N) is 1. The number of aliphatic hydroxyl groups is 1. The fourth-order valence-corrected chi connectivity index (χ4v) is 2.51. The molecule has 4 heteroatoms. The van der Waals surface area contributed by atoms with Crippen molar-refractivity contribution < 1.29 is 14.3 Å². The number of hydrogen-bond acceptors (Lipinski definition) is 3. The molecule has 0 unspecified atom stereocenters. The van der Waals surface area contributed by atoms with Gasteiger partial charge in [-0.1, -0.05) is 0 Å². The van der Waals surface area contributed by atoms with Crippen LogP contribution in [0.1, 0.15) is 40.9 Å². The average molecular weight is 273 g/mol. The topological polar surface area (TPSA) is 62.5 Å². The van der Waals surface area contributed by atoms with Gasteiger partial charge in [-0.2, -0.15) is 0 Å². The van der Waals surface area contributed by atoms with Crippen molar-refractivity contribution in [2.75, 3.05) is 6.54 Å². The summed E-state index contributed by atoms with van der Waals surface area (Å²) in [5.74, 6) is 0.0322. The lowest BCUT2D eigenvalue weighted by molar-refractivity contribution is -0.0301. The number of carbonyl (C=O) groups excluding carboxylic acids is 1. The number of carbonyl (C=O) groups is 1. The van der Waals surface area contributed by atoms with Crippen LogP contribution < -0.4 is 5.32 Å². The smallest absolute Gasteiger partial charge is 0.287 e. The van der Waals surface area contributed by atoms with Gasteiger partial charge < -0.3 is 14.8 Å². The minimum Gasteiger partial charge on any atom is -0.451 e. The number of furan rings is 1. The molecule has 1 amide bonds. The van der Waals surface area contributed by atoms with Crippen molar-refractivity contribution in [3.05, 3.63) is 35.1 Å². The van der Waals surface area contributed by atoms with Crippen molar-refractivity contribution in [3.8, 4) is 0 Å². The van der Waals surface area contributed by atoms with E-state index in [2.05, 4.69) is 5.32 Å². The van der Waals surface area contributed by atoms with Crippen molar-refractivity contribution in [2.24, 2.45) is 0 Å². The molecule has 0 atom stereocenters. The van der Waals surface area contributed by atoms with Gasteiger partial charge >= 0.3 is 0 Å². The van der Waals surface area contributed by atoms with E-state index in [1.807, 2.05) is 26.0 Å². The summed E-state index contributed by atoms with van der Waals surface area (Å²) in [6.45, 7) is 4.34. The van der Waals surface area contributed by atoms with E-state index < -0.39 is 5.60 Å². The van der Waals surface area contributed by atoms with Crippen LogP contribution in [0.15, 0.2) is 22.6 Å². The third-order valence-corrected chi connectivity index (χ3v) is 4.22. The lowest BCUT2D eigenvalue weighted by atomic mass is 9.80. The minimum absolute atomic E-state index is 0.267. The standard InChI is InChI=1S/C16H19NO3/c1-10-6-12-8-14(20-13(12)7-11(10)2)15(18)17-9-16(19)4-3-5-16/h6-8,19H,3-5,9H2,1-2H3,(H,17,18). The molecule has 1 aliphatic carbocycles. The molecule has 1 heterocycles. The van der Waals surface area contributed by atoms with E-state index in [-0.39, 0.29) is 5.91 Å². The van der Waals surface area contributed by atoms with Crippen LogP contribution in [-0.4, -0.2) is 23.2 Å². The maximum Gasteiger partial charge on any atom is 0.287 e. The van der Waals surface area contributed by atoms with Gasteiger partial charge in [-0.25, -0.2) is 0 Å². The number of amides is 1. The van der Waals surface area contributed by atoms with Crippen LogP contribution in [0, 0.1) is 13.8 Å². The van der Waals surface area contributed by atoms with Crippen LogP contribution in [0.25, 0.3) is 11.0 Å². The SMILES string of the molecule is Cc1cc2cc(C(=O)NCC3(O)CCC3)oc2cc1C. The molecular weight excluding hydrogens is 254 g/mol. The number of rotatable bonds is 3. The predicted molar refractivity (Wildman–Crippen MR) is 76.8 cm³/mol. The molecule has 20 heavy (non-hydrogen) atoms. The Morgan fingerprint density at radius 3 is 2.65 bits per heavy atom. The largest absolute Gasteiger partial charge is 0.451 e. The Hall–Kier alpha value is -1.81. The van der Waals surface area contributed by atoms with E-state index in [1.165, 1.54) is 5.56 Å². The number of hydrogen-bond donors (Lipinski definition) is 2. The normalized spacial score (nSPS) is 16.9. The lowest BCUT2D eigenvalue weighted by Gasteiger charge is -2.36. The number of benzene rings is 1. The average Bonchev–Trinajstić information content (AvgIpc) is 2.77. The monoisotopic (exact) mass is 273 g/mol. The highest BCUT2D eigenvalue weighted by Gasteiger charge is 2.34. The molecule has 1 saturated carbocycles. The molecule has 2 N–H and O–H groups in total. The number of aryl methyl sites for hydroxylation is 2. The second-order valence-electron chi connectivity index (χ2n) is 5.85. The van der Waals surface area contributed by atoms with Crippen molar-refractivity contribution in [1.29, 1.82) is 0 Å². The third kappa shape index (κ3) is 2.31. The van der Waals surface area contributed by atoms with Gasteiger partial charge in [0.1, 0.15) is 5.58 Å². The van der Waals surface area contributed by atoms with Gasteiger partial charge in [0.05, 0.1) is 5.60 Å². The zero-order valence-corrected chi connectivity index (χ0v) is 11.8. The molecule has 2 aromatic rings. The van der Waals surface area contributed by atoms with Crippen LogP contribution in [-0.2, 0) is 0 Å². The van der Waals surface area contributed by atoms with Crippen molar-refractivity contribution >= 4 is 16.9 Å². The number of fused-ring (bicyclic) bond motifs is 1. The van der Waals surface area contributed by atoms with E-state index in [1.54, 1.807) is 6.07 Å². The van der Waals surface area contributed by atoms with Gasteiger partial charge in [-0.3, -0.25) is 4.79 Å². The molecule has 0 bridgehead atoms. The molecule has 106 valence electrons. The highest BCUT2D eigenvalue weighted by atomic mass is 16.3. The zero-order chi connectivity index (χ0) is 14.3. The van der Waals surface area contributed by atoms with Crippen LogP contribution in [0.3, 0.4) is 0 Å². The van der Waals surface area contributed by atoms with Gasteiger partial charge in [0.25, 0.3) is 5.91 Å². The molecule has 3 rings (SSSR count). The molecule has 1 aliphatic rings. The van der Waals surface area contributed by atoms with Gasteiger partial charge in [-0.15, -0.1) is 0 Å². The van der Waals surface area contributed by atoms with Crippen molar-refractivity contribution in [3.63, 3.8) is 0 Å². The lowest BCUT2D eigenvalue weighted by Crippen LogP contribution is -2.47. The molecule has 1 aromatic heterocycles. The Bertz CT molecular complexity index is 629. The molecule has 0 saturated heterocycles.